The Morgan fingerprint density at radius 2 is 2.00 bits per heavy atom. The van der Waals surface area contributed by atoms with Crippen LogP contribution < -0.4 is 15.8 Å². The van der Waals surface area contributed by atoms with E-state index >= 15 is 0 Å². The zero-order chi connectivity index (χ0) is 20.5. The Hall–Kier alpha value is -2.29. The first-order valence-electron chi connectivity index (χ1n) is 9.09. The number of carbonyl (C=O) groups is 2. The maximum Gasteiger partial charge on any atom is 0.304 e. The summed E-state index contributed by atoms with van der Waals surface area (Å²) in [6, 6.07) is 3.84. The molecule has 0 radical (unpaired) electrons. The second-order valence-corrected chi connectivity index (χ2v) is 7.67. The maximum absolute atomic E-state index is 13.4. The van der Waals surface area contributed by atoms with Gasteiger partial charge in [-0.3, -0.25) is 9.59 Å². The van der Waals surface area contributed by atoms with E-state index < -0.39 is 36.1 Å². The summed E-state index contributed by atoms with van der Waals surface area (Å²) in [5, 5.41) is 2.76. The maximum atomic E-state index is 13.4. The van der Waals surface area contributed by atoms with Gasteiger partial charge in [0.1, 0.15) is 5.75 Å². The Kier molecular flexibility index (Phi) is 5.83. The average molecular weight is 400 g/mol. The lowest BCUT2D eigenvalue weighted by molar-refractivity contribution is -0.132. The lowest BCUT2D eigenvalue weighted by Crippen LogP contribution is -2.57. The Labute approximate surface area is 160 Å². The van der Waals surface area contributed by atoms with E-state index in [9.17, 15) is 22.8 Å². The van der Waals surface area contributed by atoms with Crippen LogP contribution >= 0.6 is 0 Å². The minimum atomic E-state index is -3.29. The standard InChI is InChI=1S/C19H23F3N2O4/c1-19(8-27-9-19)14(7-15(23)25)24-18(26)11-4-5-12(10-2-3-10)13(6-11)28-17(22)16(20)21/h4-6,10,14,16-17H,2-3,7-9H2,1H3,(H2,23,25)(H,24,26). The number of alkyl halides is 3. The van der Waals surface area contributed by atoms with Gasteiger partial charge in [0.05, 0.1) is 13.2 Å². The summed E-state index contributed by atoms with van der Waals surface area (Å²) >= 11 is 0. The number of nitrogens with two attached hydrogens (primary N) is 1. The average Bonchev–Trinajstić information content (AvgIpc) is 3.43. The highest BCUT2D eigenvalue weighted by Crippen LogP contribution is 2.45. The largest absolute Gasteiger partial charge is 0.454 e. The van der Waals surface area contributed by atoms with Crippen LogP contribution in [0.25, 0.3) is 0 Å². The summed E-state index contributed by atoms with van der Waals surface area (Å²) in [4.78, 5) is 24.1. The number of halogens is 3. The number of ether oxygens (including phenoxy) is 2. The topological polar surface area (TPSA) is 90.7 Å². The smallest absolute Gasteiger partial charge is 0.304 e. The van der Waals surface area contributed by atoms with E-state index in [1.54, 1.807) is 6.07 Å². The van der Waals surface area contributed by atoms with Gasteiger partial charge in [0.15, 0.2) is 0 Å². The van der Waals surface area contributed by atoms with E-state index in [1.165, 1.54) is 12.1 Å². The number of hydrogen-bond acceptors (Lipinski definition) is 4. The monoisotopic (exact) mass is 400 g/mol. The highest BCUT2D eigenvalue weighted by atomic mass is 19.3. The van der Waals surface area contributed by atoms with Crippen molar-refractivity contribution in [2.45, 2.75) is 50.9 Å². The molecule has 28 heavy (non-hydrogen) atoms. The second-order valence-electron chi connectivity index (χ2n) is 7.67. The van der Waals surface area contributed by atoms with Gasteiger partial charge in [-0.2, -0.15) is 4.39 Å². The molecule has 0 spiro atoms. The molecular weight excluding hydrogens is 377 g/mol. The van der Waals surface area contributed by atoms with Crippen molar-refractivity contribution in [3.05, 3.63) is 29.3 Å². The summed E-state index contributed by atoms with van der Waals surface area (Å²) in [6.07, 6.45) is -4.42. The van der Waals surface area contributed by atoms with Gasteiger partial charge in [-0.05, 0) is 36.5 Å². The summed E-state index contributed by atoms with van der Waals surface area (Å²) < 4.78 is 48.5. The first-order valence-corrected chi connectivity index (χ1v) is 9.09. The zero-order valence-corrected chi connectivity index (χ0v) is 15.4. The van der Waals surface area contributed by atoms with E-state index in [1.807, 2.05) is 6.92 Å². The highest BCUT2D eigenvalue weighted by molar-refractivity contribution is 5.95. The number of amides is 2. The van der Waals surface area contributed by atoms with Crippen LogP contribution in [0.2, 0.25) is 0 Å². The summed E-state index contributed by atoms with van der Waals surface area (Å²) in [6.45, 7) is 2.61. The van der Waals surface area contributed by atoms with E-state index in [4.69, 9.17) is 15.2 Å². The molecule has 1 aromatic rings. The number of nitrogens with one attached hydrogen (secondary N) is 1. The van der Waals surface area contributed by atoms with Gasteiger partial charge in [-0.25, -0.2) is 8.78 Å². The molecule has 1 aliphatic carbocycles. The van der Waals surface area contributed by atoms with Crippen LogP contribution in [0.5, 0.6) is 5.75 Å². The third kappa shape index (κ3) is 4.57. The van der Waals surface area contributed by atoms with Gasteiger partial charge >= 0.3 is 6.43 Å². The van der Waals surface area contributed by atoms with Gasteiger partial charge in [0, 0.05) is 23.4 Å². The van der Waals surface area contributed by atoms with Crippen molar-refractivity contribution < 1.29 is 32.2 Å². The van der Waals surface area contributed by atoms with Crippen LogP contribution in [0, 0.1) is 5.41 Å². The zero-order valence-electron chi connectivity index (χ0n) is 15.4. The van der Waals surface area contributed by atoms with Crippen molar-refractivity contribution in [2.24, 2.45) is 11.1 Å². The summed E-state index contributed by atoms with van der Waals surface area (Å²) in [7, 11) is 0. The molecular formula is C19H23F3N2O4. The Morgan fingerprint density at radius 3 is 2.50 bits per heavy atom. The van der Waals surface area contributed by atoms with Crippen molar-refractivity contribution in [2.75, 3.05) is 13.2 Å². The Bertz CT molecular complexity index is 751. The van der Waals surface area contributed by atoms with E-state index in [-0.39, 0.29) is 23.7 Å². The van der Waals surface area contributed by atoms with Crippen molar-refractivity contribution in [1.29, 1.82) is 0 Å². The van der Waals surface area contributed by atoms with Gasteiger partial charge in [-0.1, -0.05) is 13.0 Å². The molecule has 154 valence electrons. The molecule has 2 fully saturated rings. The first-order chi connectivity index (χ1) is 13.2. The molecule has 3 N–H and O–H groups in total. The molecule has 3 rings (SSSR count). The summed E-state index contributed by atoms with van der Waals surface area (Å²) in [5.41, 5.74) is 5.58. The molecule has 6 nitrogen and oxygen atoms in total. The number of rotatable bonds is 9. The van der Waals surface area contributed by atoms with E-state index in [2.05, 4.69) is 5.32 Å². The van der Waals surface area contributed by atoms with Crippen LogP contribution in [-0.2, 0) is 9.53 Å². The number of benzene rings is 1. The van der Waals surface area contributed by atoms with Crippen molar-refractivity contribution in [3.8, 4) is 5.75 Å². The molecule has 0 aromatic heterocycles. The molecule has 2 aliphatic rings. The van der Waals surface area contributed by atoms with Crippen LogP contribution in [0.4, 0.5) is 13.2 Å². The molecule has 2 atom stereocenters. The minimum Gasteiger partial charge on any atom is -0.454 e. The number of hydrogen-bond donors (Lipinski definition) is 2. The highest BCUT2D eigenvalue weighted by Gasteiger charge is 2.43. The molecule has 1 saturated carbocycles. The number of carbonyl (C=O) groups excluding carboxylic acids is 2. The lowest BCUT2D eigenvalue weighted by atomic mass is 9.78. The fourth-order valence-corrected chi connectivity index (χ4v) is 3.22. The Balaban J connectivity index is 1.79. The van der Waals surface area contributed by atoms with Gasteiger partial charge in [0.25, 0.3) is 12.3 Å². The first kappa shape index (κ1) is 20.4. The van der Waals surface area contributed by atoms with E-state index in [0.717, 1.165) is 12.8 Å². The fourth-order valence-electron chi connectivity index (χ4n) is 3.22. The third-order valence-electron chi connectivity index (χ3n) is 5.15. The minimum absolute atomic E-state index is 0.0624. The van der Waals surface area contributed by atoms with Crippen molar-refractivity contribution >= 4 is 11.8 Å². The molecule has 2 amide bonds. The second kappa shape index (κ2) is 7.98. The van der Waals surface area contributed by atoms with Crippen LogP contribution in [0.1, 0.15) is 48.0 Å². The molecule has 1 aliphatic heterocycles. The lowest BCUT2D eigenvalue weighted by Gasteiger charge is -2.44. The van der Waals surface area contributed by atoms with Crippen LogP contribution in [0.15, 0.2) is 18.2 Å². The number of primary amides is 1. The molecule has 1 aromatic carbocycles. The molecule has 1 heterocycles. The van der Waals surface area contributed by atoms with Crippen molar-refractivity contribution in [3.63, 3.8) is 0 Å². The third-order valence-corrected chi connectivity index (χ3v) is 5.15. The van der Waals surface area contributed by atoms with Gasteiger partial charge < -0.3 is 20.5 Å². The fraction of sp³-hybridized carbons (Fsp3) is 0.579. The summed E-state index contributed by atoms with van der Waals surface area (Å²) in [5.74, 6) is -1.04. The quantitative estimate of drug-likeness (QED) is 0.667. The Morgan fingerprint density at radius 1 is 1.32 bits per heavy atom. The SMILES string of the molecule is CC1(C(CC(N)=O)NC(=O)c2ccc(C3CC3)c(OC(F)C(F)F)c2)COC1. The molecule has 2 unspecified atom stereocenters. The molecule has 9 heteroatoms. The predicted octanol–water partition coefficient (Wildman–Crippen LogP) is 2.51. The van der Waals surface area contributed by atoms with E-state index in [0.29, 0.717) is 18.8 Å². The molecule has 1 saturated heterocycles. The van der Waals surface area contributed by atoms with Crippen LogP contribution in [-0.4, -0.2) is 43.9 Å². The van der Waals surface area contributed by atoms with Gasteiger partial charge in [-0.15, -0.1) is 0 Å². The normalized spacial score (nSPS) is 20.2. The van der Waals surface area contributed by atoms with Crippen molar-refractivity contribution in [1.82, 2.24) is 5.32 Å². The van der Waals surface area contributed by atoms with Crippen LogP contribution in [0.3, 0.4) is 0 Å². The molecule has 0 bridgehead atoms. The van der Waals surface area contributed by atoms with Gasteiger partial charge in [0.2, 0.25) is 5.91 Å². The predicted molar refractivity (Wildman–Crippen MR) is 93.9 cm³/mol.